The van der Waals surface area contributed by atoms with Crippen LogP contribution in [0.25, 0.3) is 0 Å². The predicted octanol–water partition coefficient (Wildman–Crippen LogP) is 2.55. The van der Waals surface area contributed by atoms with Crippen LogP contribution in [0, 0.1) is 5.41 Å². The van der Waals surface area contributed by atoms with E-state index in [0.29, 0.717) is 6.54 Å². The molecule has 0 aromatic heterocycles. The first-order valence-electron chi connectivity index (χ1n) is 6.12. The Bertz CT molecular complexity index is 413. The third-order valence-corrected chi connectivity index (χ3v) is 3.70. The number of rotatable bonds is 3. The van der Waals surface area contributed by atoms with E-state index in [1.54, 1.807) is 0 Å². The van der Waals surface area contributed by atoms with Crippen molar-refractivity contribution in [2.75, 3.05) is 18.0 Å². The molecule has 17 heavy (non-hydrogen) atoms. The van der Waals surface area contributed by atoms with Crippen molar-refractivity contribution in [3.63, 3.8) is 0 Å². The Balaban J connectivity index is 2.12. The number of hydrogen-bond donors (Lipinski definition) is 1. The molecule has 1 aliphatic rings. The van der Waals surface area contributed by atoms with E-state index in [4.69, 9.17) is 0 Å². The van der Waals surface area contributed by atoms with Gasteiger partial charge in [0.1, 0.15) is 0 Å². The van der Waals surface area contributed by atoms with E-state index in [9.17, 15) is 9.90 Å². The van der Waals surface area contributed by atoms with E-state index in [1.807, 2.05) is 6.92 Å². The lowest BCUT2D eigenvalue weighted by Gasteiger charge is -2.21. The summed E-state index contributed by atoms with van der Waals surface area (Å²) in [7, 11) is 0. The van der Waals surface area contributed by atoms with Gasteiger partial charge in [0, 0.05) is 18.8 Å². The van der Waals surface area contributed by atoms with Crippen LogP contribution in [0.3, 0.4) is 0 Å². The minimum absolute atomic E-state index is 0.594. The number of hydrogen-bond acceptors (Lipinski definition) is 2. The fraction of sp³-hybridized carbons (Fsp3) is 0.500. The average molecular weight is 233 g/mol. The summed E-state index contributed by atoms with van der Waals surface area (Å²) in [5.41, 5.74) is 1.85. The standard InChI is InChI=1S/C14H19NO2/c1-3-11-4-6-12(7-5-11)15-9-8-14(2,10-15)13(16)17/h4-7H,3,8-10H2,1-2H3,(H,16,17). The van der Waals surface area contributed by atoms with Gasteiger partial charge in [-0.2, -0.15) is 0 Å². The number of anilines is 1. The topological polar surface area (TPSA) is 40.5 Å². The van der Waals surface area contributed by atoms with Crippen LogP contribution in [-0.2, 0) is 11.2 Å². The number of carboxylic acid groups (broad SMARTS) is 1. The highest BCUT2D eigenvalue weighted by molar-refractivity contribution is 5.76. The Morgan fingerprint density at radius 3 is 2.53 bits per heavy atom. The number of nitrogens with zero attached hydrogens (tertiary/aromatic N) is 1. The molecule has 3 heteroatoms. The summed E-state index contributed by atoms with van der Waals surface area (Å²) in [4.78, 5) is 13.3. The van der Waals surface area contributed by atoms with Crippen LogP contribution in [0.4, 0.5) is 5.69 Å². The molecule has 1 aromatic carbocycles. The Kier molecular flexibility index (Phi) is 3.09. The molecule has 1 aromatic rings. The summed E-state index contributed by atoms with van der Waals surface area (Å²) in [6.07, 6.45) is 1.75. The van der Waals surface area contributed by atoms with Crippen LogP contribution in [0.15, 0.2) is 24.3 Å². The molecular formula is C14H19NO2. The van der Waals surface area contributed by atoms with Gasteiger partial charge < -0.3 is 10.0 Å². The minimum atomic E-state index is -0.690. The van der Waals surface area contributed by atoms with Gasteiger partial charge in [0.15, 0.2) is 0 Å². The summed E-state index contributed by atoms with van der Waals surface area (Å²) in [6.45, 7) is 5.39. The van der Waals surface area contributed by atoms with Crippen molar-refractivity contribution in [3.8, 4) is 0 Å². The second-order valence-electron chi connectivity index (χ2n) is 5.06. The lowest BCUT2D eigenvalue weighted by molar-refractivity contribution is -0.146. The van der Waals surface area contributed by atoms with E-state index in [-0.39, 0.29) is 0 Å². The van der Waals surface area contributed by atoms with Gasteiger partial charge >= 0.3 is 5.97 Å². The molecule has 3 nitrogen and oxygen atoms in total. The summed E-state index contributed by atoms with van der Waals surface area (Å²) in [6, 6.07) is 8.41. The van der Waals surface area contributed by atoms with E-state index in [1.165, 1.54) is 5.56 Å². The maximum atomic E-state index is 11.2. The van der Waals surface area contributed by atoms with Crippen molar-refractivity contribution >= 4 is 11.7 Å². The van der Waals surface area contributed by atoms with Gasteiger partial charge in [-0.25, -0.2) is 0 Å². The maximum absolute atomic E-state index is 11.2. The molecule has 1 atom stereocenters. The molecule has 0 aliphatic carbocycles. The van der Waals surface area contributed by atoms with Crippen LogP contribution in [0.5, 0.6) is 0 Å². The second kappa shape index (κ2) is 4.40. The van der Waals surface area contributed by atoms with E-state index < -0.39 is 11.4 Å². The first-order valence-corrected chi connectivity index (χ1v) is 6.12. The van der Waals surface area contributed by atoms with Gasteiger partial charge in [0.25, 0.3) is 0 Å². The summed E-state index contributed by atoms with van der Waals surface area (Å²) in [5, 5.41) is 9.19. The number of aliphatic carboxylic acids is 1. The molecule has 1 fully saturated rings. The lowest BCUT2D eigenvalue weighted by Crippen LogP contribution is -2.31. The third kappa shape index (κ3) is 2.28. The zero-order valence-corrected chi connectivity index (χ0v) is 10.4. The Morgan fingerprint density at radius 1 is 1.41 bits per heavy atom. The molecule has 1 unspecified atom stereocenters. The molecule has 1 saturated heterocycles. The predicted molar refractivity (Wildman–Crippen MR) is 68.4 cm³/mol. The SMILES string of the molecule is CCc1ccc(N2CCC(C)(C(=O)O)C2)cc1. The van der Waals surface area contributed by atoms with E-state index in [2.05, 4.69) is 36.1 Å². The molecule has 1 N–H and O–H groups in total. The van der Waals surface area contributed by atoms with Gasteiger partial charge in [-0.1, -0.05) is 19.1 Å². The highest BCUT2D eigenvalue weighted by Crippen LogP contribution is 2.33. The molecular weight excluding hydrogens is 214 g/mol. The highest BCUT2D eigenvalue weighted by atomic mass is 16.4. The smallest absolute Gasteiger partial charge is 0.311 e. The van der Waals surface area contributed by atoms with Crippen molar-refractivity contribution in [2.24, 2.45) is 5.41 Å². The van der Waals surface area contributed by atoms with Crippen molar-refractivity contribution in [1.29, 1.82) is 0 Å². The molecule has 92 valence electrons. The van der Waals surface area contributed by atoms with E-state index >= 15 is 0 Å². The molecule has 0 spiro atoms. The zero-order chi connectivity index (χ0) is 12.5. The van der Waals surface area contributed by atoms with Gasteiger partial charge in [-0.15, -0.1) is 0 Å². The molecule has 1 aliphatic heterocycles. The van der Waals surface area contributed by atoms with Crippen LogP contribution in [0.1, 0.15) is 25.8 Å². The van der Waals surface area contributed by atoms with Gasteiger partial charge in [-0.3, -0.25) is 4.79 Å². The van der Waals surface area contributed by atoms with Crippen molar-refractivity contribution in [2.45, 2.75) is 26.7 Å². The molecule has 0 amide bonds. The summed E-state index contributed by atoms with van der Waals surface area (Å²) >= 11 is 0. The Morgan fingerprint density at radius 2 is 2.06 bits per heavy atom. The molecule has 0 radical (unpaired) electrons. The molecule has 0 saturated carbocycles. The number of carboxylic acids is 1. The van der Waals surface area contributed by atoms with E-state index in [0.717, 1.165) is 25.1 Å². The zero-order valence-electron chi connectivity index (χ0n) is 10.4. The Labute approximate surface area is 102 Å². The normalized spacial score (nSPS) is 24.0. The lowest BCUT2D eigenvalue weighted by atomic mass is 9.90. The average Bonchev–Trinajstić information content (AvgIpc) is 2.74. The number of carbonyl (C=O) groups is 1. The van der Waals surface area contributed by atoms with Gasteiger partial charge in [-0.05, 0) is 37.5 Å². The molecule has 1 heterocycles. The second-order valence-corrected chi connectivity index (χ2v) is 5.06. The largest absolute Gasteiger partial charge is 0.481 e. The fourth-order valence-electron chi connectivity index (χ4n) is 2.30. The minimum Gasteiger partial charge on any atom is -0.481 e. The van der Waals surface area contributed by atoms with Gasteiger partial charge in [0.05, 0.1) is 5.41 Å². The van der Waals surface area contributed by atoms with Crippen LogP contribution in [0.2, 0.25) is 0 Å². The Hall–Kier alpha value is -1.51. The van der Waals surface area contributed by atoms with Crippen LogP contribution in [-0.4, -0.2) is 24.2 Å². The quantitative estimate of drug-likeness (QED) is 0.872. The number of benzene rings is 1. The third-order valence-electron chi connectivity index (χ3n) is 3.70. The summed E-state index contributed by atoms with van der Waals surface area (Å²) < 4.78 is 0. The van der Waals surface area contributed by atoms with Crippen LogP contribution >= 0.6 is 0 Å². The van der Waals surface area contributed by atoms with Crippen molar-refractivity contribution < 1.29 is 9.90 Å². The van der Waals surface area contributed by atoms with Crippen molar-refractivity contribution in [3.05, 3.63) is 29.8 Å². The highest BCUT2D eigenvalue weighted by Gasteiger charge is 2.40. The fourth-order valence-corrected chi connectivity index (χ4v) is 2.30. The summed E-state index contributed by atoms with van der Waals surface area (Å²) in [5.74, 6) is -0.690. The van der Waals surface area contributed by atoms with Gasteiger partial charge in [0.2, 0.25) is 0 Å². The number of aryl methyl sites for hydroxylation is 1. The van der Waals surface area contributed by atoms with Crippen molar-refractivity contribution in [1.82, 2.24) is 0 Å². The van der Waals surface area contributed by atoms with Crippen LogP contribution < -0.4 is 4.90 Å². The molecule has 2 rings (SSSR count). The molecule has 0 bridgehead atoms. The monoisotopic (exact) mass is 233 g/mol. The first kappa shape index (κ1) is 12.0. The maximum Gasteiger partial charge on any atom is 0.311 e. The first-order chi connectivity index (χ1) is 8.05.